The molecule has 2 N–H and O–H groups in total. The van der Waals surface area contributed by atoms with Crippen molar-refractivity contribution in [3.63, 3.8) is 0 Å². The van der Waals surface area contributed by atoms with Gasteiger partial charge in [-0.1, -0.05) is 24.6 Å². The van der Waals surface area contributed by atoms with Gasteiger partial charge in [0.25, 0.3) is 0 Å². The fourth-order valence-electron chi connectivity index (χ4n) is 5.73. The second kappa shape index (κ2) is 10.5. The third-order valence-corrected chi connectivity index (χ3v) is 9.04. The predicted molar refractivity (Wildman–Crippen MR) is 122 cm³/mol. The van der Waals surface area contributed by atoms with E-state index in [1.807, 2.05) is 6.07 Å². The van der Waals surface area contributed by atoms with E-state index in [1.54, 1.807) is 24.3 Å². The summed E-state index contributed by atoms with van der Waals surface area (Å²) in [7, 11) is -3.45. The minimum atomic E-state index is -3.45. The minimum Gasteiger partial charge on any atom is -0.356 e. The lowest BCUT2D eigenvalue weighted by Crippen LogP contribution is -2.51. The average Bonchev–Trinajstić information content (AvgIpc) is 2.82. The molecular formula is C24H37N3O3S. The molecule has 4 rings (SSSR count). The molecule has 0 radical (unpaired) electrons. The Morgan fingerprint density at radius 2 is 1.65 bits per heavy atom. The van der Waals surface area contributed by atoms with Gasteiger partial charge in [0.15, 0.2) is 0 Å². The molecule has 172 valence electrons. The van der Waals surface area contributed by atoms with Gasteiger partial charge in [0.1, 0.15) is 0 Å². The summed E-state index contributed by atoms with van der Waals surface area (Å²) < 4.78 is 27.6. The summed E-state index contributed by atoms with van der Waals surface area (Å²) in [6.07, 6.45) is 9.91. The van der Waals surface area contributed by atoms with Crippen LogP contribution >= 0.6 is 0 Å². The normalized spacial score (nSPS) is 29.8. The highest BCUT2D eigenvalue weighted by atomic mass is 32.2. The standard InChI is InChI=1S/C24H37N3O3S/c28-24(25-18-21-7-6-16-27-15-5-4-10-23(21)27)20-13-11-19(12-14-20)17-26-31(29,30)22-8-2-1-3-9-22/h1-3,8-9,19-21,23,26H,4-7,10-18H2,(H,25,28)/t19?,20?,21-,23?/m0/s1. The highest BCUT2D eigenvalue weighted by Crippen LogP contribution is 2.31. The SMILES string of the molecule is O=C(NC[C@@H]1CCCN2CCCCC12)C1CCC(CNS(=O)(=O)c2ccccc2)CC1. The van der Waals surface area contributed by atoms with E-state index in [1.165, 1.54) is 45.2 Å². The van der Waals surface area contributed by atoms with Crippen LogP contribution in [0.3, 0.4) is 0 Å². The van der Waals surface area contributed by atoms with Gasteiger partial charge in [-0.25, -0.2) is 13.1 Å². The molecule has 0 aromatic heterocycles. The molecule has 1 saturated carbocycles. The predicted octanol–water partition coefficient (Wildman–Crippen LogP) is 3.15. The van der Waals surface area contributed by atoms with E-state index in [2.05, 4.69) is 14.9 Å². The zero-order valence-electron chi connectivity index (χ0n) is 18.5. The summed E-state index contributed by atoms with van der Waals surface area (Å²) in [5.41, 5.74) is 0. The second-order valence-corrected chi connectivity index (χ2v) is 11.4. The van der Waals surface area contributed by atoms with Crippen molar-refractivity contribution in [2.24, 2.45) is 17.8 Å². The molecule has 3 aliphatic rings. The summed E-state index contributed by atoms with van der Waals surface area (Å²) in [4.78, 5) is 15.7. The number of rotatable bonds is 7. The molecule has 1 aromatic rings. The molecule has 6 nitrogen and oxygen atoms in total. The summed E-state index contributed by atoms with van der Waals surface area (Å²) >= 11 is 0. The van der Waals surface area contributed by atoms with Gasteiger partial charge in [-0.15, -0.1) is 0 Å². The van der Waals surface area contributed by atoms with E-state index in [-0.39, 0.29) is 11.8 Å². The Balaban J connectivity index is 1.18. The van der Waals surface area contributed by atoms with Gasteiger partial charge < -0.3 is 10.2 Å². The maximum absolute atomic E-state index is 12.8. The summed E-state index contributed by atoms with van der Waals surface area (Å²) in [5.74, 6) is 1.18. The zero-order chi connectivity index (χ0) is 21.7. The molecule has 1 aliphatic carbocycles. The van der Waals surface area contributed by atoms with Crippen molar-refractivity contribution < 1.29 is 13.2 Å². The number of hydrogen-bond donors (Lipinski definition) is 2. The third-order valence-electron chi connectivity index (χ3n) is 7.60. The molecule has 2 aliphatic heterocycles. The molecule has 0 spiro atoms. The fourth-order valence-corrected chi connectivity index (χ4v) is 6.87. The Hall–Kier alpha value is -1.44. The molecule has 3 fully saturated rings. The smallest absolute Gasteiger partial charge is 0.240 e. The van der Waals surface area contributed by atoms with Crippen molar-refractivity contribution >= 4 is 15.9 Å². The van der Waals surface area contributed by atoms with Crippen LogP contribution in [0.1, 0.15) is 57.8 Å². The molecular weight excluding hydrogens is 410 g/mol. The first-order valence-electron chi connectivity index (χ1n) is 12.1. The van der Waals surface area contributed by atoms with Crippen LogP contribution in [0.25, 0.3) is 0 Å². The Kier molecular flexibility index (Phi) is 7.67. The maximum atomic E-state index is 12.8. The second-order valence-electron chi connectivity index (χ2n) is 9.63. The molecule has 1 aromatic carbocycles. The van der Waals surface area contributed by atoms with E-state index < -0.39 is 10.0 Å². The first kappa shape index (κ1) is 22.7. The van der Waals surface area contributed by atoms with E-state index in [9.17, 15) is 13.2 Å². The van der Waals surface area contributed by atoms with Crippen LogP contribution in [-0.2, 0) is 14.8 Å². The van der Waals surface area contributed by atoms with Gasteiger partial charge in [0.05, 0.1) is 4.90 Å². The molecule has 1 unspecified atom stereocenters. The van der Waals surface area contributed by atoms with E-state index in [0.717, 1.165) is 32.2 Å². The highest BCUT2D eigenvalue weighted by Gasteiger charge is 2.34. The molecule has 7 heteroatoms. The topological polar surface area (TPSA) is 78.5 Å². The quantitative estimate of drug-likeness (QED) is 0.673. The van der Waals surface area contributed by atoms with Crippen molar-refractivity contribution in [1.29, 1.82) is 0 Å². The van der Waals surface area contributed by atoms with Crippen LogP contribution in [0.2, 0.25) is 0 Å². The third kappa shape index (κ3) is 5.88. The van der Waals surface area contributed by atoms with Crippen molar-refractivity contribution in [2.45, 2.75) is 68.7 Å². The number of nitrogens with zero attached hydrogens (tertiary/aromatic N) is 1. The Bertz CT molecular complexity index is 820. The number of nitrogens with one attached hydrogen (secondary N) is 2. The van der Waals surface area contributed by atoms with Crippen molar-refractivity contribution in [1.82, 2.24) is 14.9 Å². The van der Waals surface area contributed by atoms with Crippen LogP contribution < -0.4 is 10.0 Å². The van der Waals surface area contributed by atoms with Gasteiger partial charge in [-0.3, -0.25) is 4.79 Å². The number of benzene rings is 1. The number of carbonyl (C=O) groups excluding carboxylic acids is 1. The number of carbonyl (C=O) groups is 1. The molecule has 2 heterocycles. The summed E-state index contributed by atoms with van der Waals surface area (Å²) in [5, 5.41) is 3.27. The van der Waals surface area contributed by atoms with Crippen LogP contribution in [0.5, 0.6) is 0 Å². The van der Waals surface area contributed by atoms with Gasteiger partial charge in [-0.2, -0.15) is 0 Å². The molecule has 31 heavy (non-hydrogen) atoms. The molecule has 2 saturated heterocycles. The monoisotopic (exact) mass is 447 g/mol. The number of hydrogen-bond acceptors (Lipinski definition) is 4. The minimum absolute atomic E-state index is 0.0769. The Labute approximate surface area is 187 Å². The number of piperidine rings is 2. The van der Waals surface area contributed by atoms with Gasteiger partial charge in [0, 0.05) is 25.0 Å². The van der Waals surface area contributed by atoms with Gasteiger partial charge in [0.2, 0.25) is 15.9 Å². The van der Waals surface area contributed by atoms with Crippen LogP contribution in [0.15, 0.2) is 35.2 Å². The first-order valence-corrected chi connectivity index (χ1v) is 13.6. The molecule has 2 atom stereocenters. The number of amides is 1. The molecule has 0 bridgehead atoms. The van der Waals surface area contributed by atoms with Crippen LogP contribution in [0.4, 0.5) is 0 Å². The average molecular weight is 448 g/mol. The van der Waals surface area contributed by atoms with Crippen LogP contribution in [-0.4, -0.2) is 51.4 Å². The van der Waals surface area contributed by atoms with E-state index >= 15 is 0 Å². The first-order chi connectivity index (χ1) is 15.0. The Morgan fingerprint density at radius 3 is 2.42 bits per heavy atom. The summed E-state index contributed by atoms with van der Waals surface area (Å²) in [6, 6.07) is 9.17. The molecule has 1 amide bonds. The highest BCUT2D eigenvalue weighted by molar-refractivity contribution is 7.89. The maximum Gasteiger partial charge on any atom is 0.240 e. The lowest BCUT2D eigenvalue weighted by Gasteiger charge is -2.44. The lowest BCUT2D eigenvalue weighted by molar-refractivity contribution is -0.126. The van der Waals surface area contributed by atoms with Gasteiger partial charge in [-0.05, 0) is 88.4 Å². The number of fused-ring (bicyclic) bond motifs is 1. The van der Waals surface area contributed by atoms with Crippen LogP contribution in [0, 0.1) is 17.8 Å². The van der Waals surface area contributed by atoms with Gasteiger partial charge >= 0.3 is 0 Å². The van der Waals surface area contributed by atoms with E-state index in [0.29, 0.717) is 29.3 Å². The van der Waals surface area contributed by atoms with E-state index in [4.69, 9.17) is 0 Å². The Morgan fingerprint density at radius 1 is 0.903 bits per heavy atom. The number of sulfonamides is 1. The lowest BCUT2D eigenvalue weighted by atomic mass is 9.81. The largest absolute Gasteiger partial charge is 0.356 e. The van der Waals surface area contributed by atoms with Crippen molar-refractivity contribution in [2.75, 3.05) is 26.2 Å². The van der Waals surface area contributed by atoms with Crippen molar-refractivity contribution in [3.05, 3.63) is 30.3 Å². The fraction of sp³-hybridized carbons (Fsp3) is 0.708. The van der Waals surface area contributed by atoms with Crippen molar-refractivity contribution in [3.8, 4) is 0 Å². The summed E-state index contributed by atoms with van der Waals surface area (Å²) in [6.45, 7) is 3.72. The zero-order valence-corrected chi connectivity index (χ0v) is 19.3.